The summed E-state index contributed by atoms with van der Waals surface area (Å²) >= 11 is 0. The first kappa shape index (κ1) is 8.29. The van der Waals surface area contributed by atoms with Crippen molar-refractivity contribution < 1.29 is 4.79 Å². The second-order valence-electron chi connectivity index (χ2n) is 3.61. The van der Waals surface area contributed by atoms with Crippen LogP contribution in [0.2, 0.25) is 0 Å². The van der Waals surface area contributed by atoms with Gasteiger partial charge in [-0.15, -0.1) is 0 Å². The van der Waals surface area contributed by atoms with Crippen LogP contribution in [0, 0.1) is 5.92 Å². The van der Waals surface area contributed by atoms with E-state index >= 15 is 0 Å². The van der Waals surface area contributed by atoms with Gasteiger partial charge in [-0.05, 0) is 18.8 Å². The summed E-state index contributed by atoms with van der Waals surface area (Å²) in [5, 5.41) is 4.08. The summed E-state index contributed by atoms with van der Waals surface area (Å²) in [5.41, 5.74) is 5.61. The van der Waals surface area contributed by atoms with E-state index in [1.165, 1.54) is 25.5 Å². The number of hydrogen-bond acceptors (Lipinski definition) is 2. The van der Waals surface area contributed by atoms with Gasteiger partial charge < -0.3 is 5.73 Å². The highest BCUT2D eigenvalue weighted by Crippen LogP contribution is 2.27. The lowest BCUT2D eigenvalue weighted by atomic mass is 9.85. The largest absolute Gasteiger partial charge is 0.366 e. The van der Waals surface area contributed by atoms with Crippen LogP contribution in [0.1, 0.15) is 29.6 Å². The molecule has 1 aliphatic carbocycles. The Morgan fingerprint density at radius 2 is 2.46 bits per heavy atom. The monoisotopic (exact) mass is 179 g/mol. The van der Waals surface area contributed by atoms with Crippen molar-refractivity contribution in [3.8, 4) is 0 Å². The Bertz CT molecular complexity index is 314. The molecule has 2 rings (SSSR count). The predicted molar refractivity (Wildman–Crippen MR) is 48.1 cm³/mol. The maximum Gasteiger partial charge on any atom is 0.251 e. The summed E-state index contributed by atoms with van der Waals surface area (Å²) in [6.45, 7) is 0.924. The molecule has 0 atom stereocenters. The van der Waals surface area contributed by atoms with Gasteiger partial charge in [-0.2, -0.15) is 5.10 Å². The minimum Gasteiger partial charge on any atom is -0.366 e. The highest BCUT2D eigenvalue weighted by atomic mass is 16.1. The summed E-state index contributed by atoms with van der Waals surface area (Å²) in [4.78, 5) is 10.8. The van der Waals surface area contributed by atoms with Crippen molar-refractivity contribution in [1.29, 1.82) is 0 Å². The second-order valence-corrected chi connectivity index (χ2v) is 3.61. The third-order valence-electron chi connectivity index (χ3n) is 2.59. The molecule has 1 aromatic rings. The number of carbonyl (C=O) groups is 1. The van der Waals surface area contributed by atoms with Gasteiger partial charge in [0.25, 0.3) is 5.91 Å². The number of carbonyl (C=O) groups excluding carboxylic acids is 1. The smallest absolute Gasteiger partial charge is 0.251 e. The molecule has 1 aromatic heterocycles. The van der Waals surface area contributed by atoms with E-state index in [1.54, 1.807) is 6.20 Å². The Morgan fingerprint density at radius 3 is 2.92 bits per heavy atom. The summed E-state index contributed by atoms with van der Waals surface area (Å²) < 4.78 is 1.81. The average molecular weight is 179 g/mol. The van der Waals surface area contributed by atoms with Crippen LogP contribution in [0.3, 0.4) is 0 Å². The Morgan fingerprint density at radius 1 is 1.69 bits per heavy atom. The molecule has 0 spiro atoms. The van der Waals surface area contributed by atoms with Crippen LogP contribution in [0.15, 0.2) is 12.4 Å². The first-order chi connectivity index (χ1) is 6.25. The molecule has 4 heteroatoms. The van der Waals surface area contributed by atoms with Crippen LogP contribution in [0.4, 0.5) is 0 Å². The number of nitrogens with zero attached hydrogens (tertiary/aromatic N) is 2. The summed E-state index contributed by atoms with van der Waals surface area (Å²) in [6, 6.07) is 0. The molecular weight excluding hydrogens is 166 g/mol. The Labute approximate surface area is 76.7 Å². The molecule has 1 amide bonds. The Hall–Kier alpha value is -1.32. The van der Waals surface area contributed by atoms with Crippen molar-refractivity contribution in [3.63, 3.8) is 0 Å². The molecule has 1 fully saturated rings. The zero-order valence-electron chi connectivity index (χ0n) is 7.44. The molecule has 2 N–H and O–H groups in total. The SMILES string of the molecule is NC(=O)c1cnn(CC2CCC2)c1. The number of rotatable bonds is 3. The highest BCUT2D eigenvalue weighted by molar-refractivity contribution is 5.92. The fraction of sp³-hybridized carbons (Fsp3) is 0.556. The number of aromatic nitrogens is 2. The van der Waals surface area contributed by atoms with Crippen molar-refractivity contribution in [1.82, 2.24) is 9.78 Å². The lowest BCUT2D eigenvalue weighted by Crippen LogP contribution is -2.18. The van der Waals surface area contributed by atoms with E-state index in [-0.39, 0.29) is 0 Å². The van der Waals surface area contributed by atoms with E-state index in [0.29, 0.717) is 5.56 Å². The van der Waals surface area contributed by atoms with Crippen LogP contribution in [-0.2, 0) is 6.54 Å². The molecule has 0 unspecified atom stereocenters. The molecular formula is C9H13N3O. The highest BCUT2D eigenvalue weighted by Gasteiger charge is 2.18. The fourth-order valence-corrected chi connectivity index (χ4v) is 1.53. The zero-order chi connectivity index (χ0) is 9.26. The number of nitrogens with two attached hydrogens (primary N) is 1. The van der Waals surface area contributed by atoms with Crippen LogP contribution in [0.25, 0.3) is 0 Å². The Balaban J connectivity index is 2.00. The second kappa shape index (κ2) is 3.20. The molecule has 0 radical (unpaired) electrons. The quantitative estimate of drug-likeness (QED) is 0.745. The minimum absolute atomic E-state index is 0.403. The van der Waals surface area contributed by atoms with E-state index in [0.717, 1.165) is 12.5 Å². The third-order valence-corrected chi connectivity index (χ3v) is 2.59. The van der Waals surface area contributed by atoms with E-state index in [9.17, 15) is 4.79 Å². The lowest BCUT2D eigenvalue weighted by molar-refractivity contribution is 0.1000. The molecule has 0 saturated heterocycles. The maximum absolute atomic E-state index is 10.8. The molecule has 1 aliphatic rings. The van der Waals surface area contributed by atoms with Crippen molar-refractivity contribution in [2.45, 2.75) is 25.8 Å². The van der Waals surface area contributed by atoms with Crippen molar-refractivity contribution in [3.05, 3.63) is 18.0 Å². The van der Waals surface area contributed by atoms with E-state index in [1.807, 2.05) is 4.68 Å². The van der Waals surface area contributed by atoms with Gasteiger partial charge in [-0.1, -0.05) is 6.42 Å². The topological polar surface area (TPSA) is 60.9 Å². The number of hydrogen-bond donors (Lipinski definition) is 1. The van der Waals surface area contributed by atoms with Crippen LogP contribution < -0.4 is 5.73 Å². The summed E-state index contributed by atoms with van der Waals surface area (Å²) in [5.74, 6) is 0.348. The van der Waals surface area contributed by atoms with Gasteiger partial charge in [-0.3, -0.25) is 9.48 Å². The van der Waals surface area contributed by atoms with Gasteiger partial charge in [0.1, 0.15) is 0 Å². The van der Waals surface area contributed by atoms with Crippen LogP contribution >= 0.6 is 0 Å². The number of amides is 1. The normalized spacial score (nSPS) is 16.9. The molecule has 1 heterocycles. The molecule has 13 heavy (non-hydrogen) atoms. The first-order valence-corrected chi connectivity index (χ1v) is 4.58. The van der Waals surface area contributed by atoms with Gasteiger partial charge in [0.2, 0.25) is 0 Å². The average Bonchev–Trinajstić information content (AvgIpc) is 2.44. The molecule has 70 valence electrons. The van der Waals surface area contributed by atoms with E-state index in [2.05, 4.69) is 5.10 Å². The first-order valence-electron chi connectivity index (χ1n) is 4.58. The third kappa shape index (κ3) is 1.71. The molecule has 1 saturated carbocycles. The van der Waals surface area contributed by atoms with Crippen LogP contribution in [-0.4, -0.2) is 15.7 Å². The van der Waals surface area contributed by atoms with Gasteiger partial charge in [0.05, 0.1) is 11.8 Å². The molecule has 0 aromatic carbocycles. The van der Waals surface area contributed by atoms with Crippen molar-refractivity contribution in [2.24, 2.45) is 11.7 Å². The molecule has 0 aliphatic heterocycles. The van der Waals surface area contributed by atoms with Gasteiger partial charge in [0.15, 0.2) is 0 Å². The van der Waals surface area contributed by atoms with Crippen LogP contribution in [0.5, 0.6) is 0 Å². The fourth-order valence-electron chi connectivity index (χ4n) is 1.53. The predicted octanol–water partition coefficient (Wildman–Crippen LogP) is 0.782. The standard InChI is InChI=1S/C9H13N3O/c10-9(13)8-4-11-12(6-8)5-7-2-1-3-7/h4,6-7H,1-3,5H2,(H2,10,13). The van der Waals surface area contributed by atoms with Crippen molar-refractivity contribution in [2.75, 3.05) is 0 Å². The van der Waals surface area contributed by atoms with Gasteiger partial charge >= 0.3 is 0 Å². The van der Waals surface area contributed by atoms with E-state index < -0.39 is 5.91 Å². The molecule has 4 nitrogen and oxygen atoms in total. The summed E-state index contributed by atoms with van der Waals surface area (Å²) in [6.07, 6.45) is 7.15. The maximum atomic E-state index is 10.8. The van der Waals surface area contributed by atoms with Gasteiger partial charge in [0, 0.05) is 12.7 Å². The summed E-state index contributed by atoms with van der Waals surface area (Å²) in [7, 11) is 0. The lowest BCUT2D eigenvalue weighted by Gasteiger charge is -2.24. The minimum atomic E-state index is -0.403. The Kier molecular flexibility index (Phi) is 2.04. The zero-order valence-corrected chi connectivity index (χ0v) is 7.44. The van der Waals surface area contributed by atoms with E-state index in [4.69, 9.17) is 5.73 Å². The number of primary amides is 1. The van der Waals surface area contributed by atoms with Gasteiger partial charge in [-0.25, -0.2) is 0 Å². The van der Waals surface area contributed by atoms with Crippen molar-refractivity contribution >= 4 is 5.91 Å². The molecule has 0 bridgehead atoms.